The Bertz CT molecular complexity index is 947. The number of aromatic nitrogens is 4. The van der Waals surface area contributed by atoms with Crippen LogP contribution < -0.4 is 16.5 Å². The molecular formula is C18H21BN8. The first-order valence-corrected chi connectivity index (χ1v) is 8.97. The van der Waals surface area contributed by atoms with E-state index in [9.17, 15) is 0 Å². The van der Waals surface area contributed by atoms with E-state index in [0.29, 0.717) is 23.6 Å². The van der Waals surface area contributed by atoms with Crippen molar-refractivity contribution in [2.45, 2.75) is 25.3 Å². The van der Waals surface area contributed by atoms with Crippen molar-refractivity contribution in [2.75, 3.05) is 18.4 Å². The van der Waals surface area contributed by atoms with Gasteiger partial charge in [0.2, 0.25) is 0 Å². The van der Waals surface area contributed by atoms with Crippen LogP contribution >= 0.6 is 0 Å². The number of likely N-dealkylation sites (tertiary alicyclic amines) is 1. The molecule has 0 aliphatic carbocycles. The number of piperidine rings is 1. The molecule has 27 heavy (non-hydrogen) atoms. The van der Waals surface area contributed by atoms with Gasteiger partial charge in [-0.2, -0.15) is 9.61 Å². The lowest BCUT2D eigenvalue weighted by molar-refractivity contribution is 0.306. The van der Waals surface area contributed by atoms with Crippen LogP contribution in [-0.2, 0) is 6.54 Å². The van der Waals surface area contributed by atoms with E-state index in [1.165, 1.54) is 0 Å². The molecule has 0 atom stereocenters. The Morgan fingerprint density at radius 2 is 2.15 bits per heavy atom. The maximum Gasteiger partial charge on any atom is 0.188 e. The second-order valence-corrected chi connectivity index (χ2v) is 6.76. The summed E-state index contributed by atoms with van der Waals surface area (Å²) in [6, 6.07) is 5.98. The molecule has 0 amide bonds. The first kappa shape index (κ1) is 17.3. The number of nitrogens with two attached hydrogens (primary N) is 1. The lowest BCUT2D eigenvalue weighted by atomic mass is 9.93. The van der Waals surface area contributed by atoms with Crippen molar-refractivity contribution >= 4 is 30.7 Å². The highest BCUT2D eigenvalue weighted by atomic mass is 15.3. The zero-order chi connectivity index (χ0) is 18.8. The van der Waals surface area contributed by atoms with Gasteiger partial charge in [0.05, 0.1) is 0 Å². The van der Waals surface area contributed by atoms with E-state index in [4.69, 9.17) is 24.0 Å². The fourth-order valence-corrected chi connectivity index (χ4v) is 3.45. The Hall–Kier alpha value is -3.10. The molecule has 1 saturated heterocycles. The number of fused-ring (bicyclic) bond motifs is 1. The molecular weight excluding hydrogens is 339 g/mol. The summed E-state index contributed by atoms with van der Waals surface area (Å²) in [5.74, 6) is 1.29. The largest absolute Gasteiger partial charge is 0.370 e. The third kappa shape index (κ3) is 3.58. The normalized spacial score (nSPS) is 15.2. The zero-order valence-corrected chi connectivity index (χ0v) is 15.0. The van der Waals surface area contributed by atoms with Crippen molar-refractivity contribution in [1.82, 2.24) is 24.5 Å². The number of nitrogens with zero attached hydrogens (tertiary/aromatic N) is 5. The van der Waals surface area contributed by atoms with Crippen LogP contribution in [0, 0.1) is 5.41 Å². The smallest absolute Gasteiger partial charge is 0.188 e. The van der Waals surface area contributed by atoms with Gasteiger partial charge in [-0.3, -0.25) is 10.4 Å². The summed E-state index contributed by atoms with van der Waals surface area (Å²) in [6.45, 7) is 2.16. The van der Waals surface area contributed by atoms with Gasteiger partial charge in [0, 0.05) is 55.9 Å². The van der Waals surface area contributed by atoms with Crippen LogP contribution in [0.15, 0.2) is 36.8 Å². The molecule has 2 radical (unpaired) electrons. The van der Waals surface area contributed by atoms with E-state index in [0.717, 1.165) is 43.0 Å². The Balaban J connectivity index is 1.60. The minimum Gasteiger partial charge on any atom is -0.370 e. The summed E-state index contributed by atoms with van der Waals surface area (Å²) in [5, 5.41) is 15.4. The monoisotopic (exact) mass is 360 g/mol. The van der Waals surface area contributed by atoms with Gasteiger partial charge < -0.3 is 16.0 Å². The lowest BCUT2D eigenvalue weighted by Crippen LogP contribution is -2.41. The maximum absolute atomic E-state index is 7.59. The van der Waals surface area contributed by atoms with Crippen molar-refractivity contribution in [3.63, 3.8) is 0 Å². The van der Waals surface area contributed by atoms with Crippen LogP contribution in [0.5, 0.6) is 0 Å². The van der Waals surface area contributed by atoms with E-state index in [1.807, 2.05) is 29.3 Å². The Kier molecular flexibility index (Phi) is 4.66. The molecule has 0 spiro atoms. The fourth-order valence-electron chi connectivity index (χ4n) is 3.45. The van der Waals surface area contributed by atoms with Crippen LogP contribution in [0.3, 0.4) is 0 Å². The third-order valence-electron chi connectivity index (χ3n) is 4.97. The number of rotatable bonds is 4. The fraction of sp³-hybridized carbons (Fsp3) is 0.333. The van der Waals surface area contributed by atoms with E-state index >= 15 is 0 Å². The number of anilines is 1. The van der Waals surface area contributed by atoms with Crippen molar-refractivity contribution in [3.05, 3.63) is 48.0 Å². The molecule has 1 aliphatic rings. The predicted molar refractivity (Wildman–Crippen MR) is 105 cm³/mol. The number of nitrogens with one attached hydrogen (secondary N) is 2. The second kappa shape index (κ2) is 7.26. The third-order valence-corrected chi connectivity index (χ3v) is 4.97. The molecule has 136 valence electrons. The summed E-state index contributed by atoms with van der Waals surface area (Å²) in [7, 11) is 6.08. The highest BCUT2D eigenvalue weighted by molar-refractivity contribution is 6.36. The summed E-state index contributed by atoms with van der Waals surface area (Å²) in [6.07, 6.45) is 7.02. The maximum atomic E-state index is 7.59. The van der Waals surface area contributed by atoms with Gasteiger partial charge in [-0.05, 0) is 29.9 Å². The highest BCUT2D eigenvalue weighted by Crippen LogP contribution is 2.28. The summed E-state index contributed by atoms with van der Waals surface area (Å²) < 4.78 is 1.74. The average Bonchev–Trinajstić information content (AvgIpc) is 3.08. The first-order chi connectivity index (χ1) is 13.1. The Morgan fingerprint density at radius 3 is 2.85 bits per heavy atom. The first-order valence-electron chi connectivity index (χ1n) is 8.97. The predicted octanol–water partition coefficient (Wildman–Crippen LogP) is 0.603. The summed E-state index contributed by atoms with van der Waals surface area (Å²) in [4.78, 5) is 10.8. The van der Waals surface area contributed by atoms with Crippen LogP contribution in [-0.4, -0.2) is 51.4 Å². The van der Waals surface area contributed by atoms with Crippen molar-refractivity contribution < 1.29 is 0 Å². The number of pyridine rings is 1. The molecule has 8 nitrogen and oxygen atoms in total. The van der Waals surface area contributed by atoms with Crippen molar-refractivity contribution in [2.24, 2.45) is 5.73 Å². The van der Waals surface area contributed by atoms with E-state index < -0.39 is 0 Å². The average molecular weight is 360 g/mol. The minimum absolute atomic E-state index is 0.135. The van der Waals surface area contributed by atoms with Gasteiger partial charge in [0.25, 0.3) is 0 Å². The second-order valence-electron chi connectivity index (χ2n) is 6.76. The van der Waals surface area contributed by atoms with Crippen LogP contribution in [0.4, 0.5) is 5.82 Å². The summed E-state index contributed by atoms with van der Waals surface area (Å²) in [5.41, 5.74) is 8.90. The molecule has 3 aromatic rings. The molecule has 4 rings (SSSR count). The van der Waals surface area contributed by atoms with E-state index in [2.05, 4.69) is 15.4 Å². The molecule has 4 N–H and O–H groups in total. The van der Waals surface area contributed by atoms with E-state index in [1.54, 1.807) is 16.9 Å². The molecule has 0 bridgehead atoms. The molecule has 9 heteroatoms. The van der Waals surface area contributed by atoms with E-state index in [-0.39, 0.29) is 5.96 Å². The standard InChI is InChI=1S/C18H21BN8/c19-14-11-24-27-16(23-10-12-2-1-5-22-9-12)8-15(25-17(14)27)13-3-6-26(7-4-13)18(20)21/h1-2,5,8-9,11,13,23H,3-4,6-7,10H2,(H3,20,21). The van der Waals surface area contributed by atoms with Gasteiger partial charge in [0.1, 0.15) is 19.3 Å². The topological polar surface area (TPSA) is 108 Å². The van der Waals surface area contributed by atoms with Gasteiger partial charge in [-0.15, -0.1) is 0 Å². The highest BCUT2D eigenvalue weighted by Gasteiger charge is 2.23. The molecule has 4 heterocycles. The van der Waals surface area contributed by atoms with Gasteiger partial charge in [0.15, 0.2) is 5.96 Å². The minimum atomic E-state index is 0.135. The van der Waals surface area contributed by atoms with Crippen LogP contribution in [0.25, 0.3) is 5.65 Å². The van der Waals surface area contributed by atoms with Crippen molar-refractivity contribution in [3.8, 4) is 0 Å². The SMILES string of the molecule is [B]c1cnn2c(NCc3cccnc3)cc(C3CCN(C(=N)N)CC3)nc12. The molecule has 1 aliphatic heterocycles. The van der Waals surface area contributed by atoms with Gasteiger partial charge in [-0.1, -0.05) is 6.07 Å². The lowest BCUT2D eigenvalue weighted by Gasteiger charge is -2.32. The number of guanidine groups is 1. The molecule has 0 unspecified atom stereocenters. The van der Waals surface area contributed by atoms with Crippen molar-refractivity contribution in [1.29, 1.82) is 5.41 Å². The van der Waals surface area contributed by atoms with Crippen LogP contribution in [0.1, 0.15) is 30.0 Å². The molecule has 1 fully saturated rings. The molecule has 0 aromatic carbocycles. The van der Waals surface area contributed by atoms with Gasteiger partial charge in [-0.25, -0.2) is 4.98 Å². The van der Waals surface area contributed by atoms with Crippen LogP contribution in [0.2, 0.25) is 0 Å². The Labute approximate surface area is 158 Å². The molecule has 0 saturated carbocycles. The number of hydrogen-bond acceptors (Lipinski definition) is 5. The summed E-state index contributed by atoms with van der Waals surface area (Å²) >= 11 is 0. The van der Waals surface area contributed by atoms with Gasteiger partial charge >= 0.3 is 0 Å². The number of hydrogen-bond donors (Lipinski definition) is 3. The zero-order valence-electron chi connectivity index (χ0n) is 15.0. The Morgan fingerprint density at radius 1 is 1.33 bits per heavy atom. The quantitative estimate of drug-likeness (QED) is 0.357. The molecule has 3 aromatic heterocycles.